The standard InChI is InChI=1S/C8H11F3N2OS/c9-8(10,11)2-1-3-12-4-6-5-15-7(14)13-6/h5,12H,1-4H2,(H,13,14). The molecule has 0 fully saturated rings. The van der Waals surface area contributed by atoms with Gasteiger partial charge in [0.2, 0.25) is 0 Å². The normalized spacial score (nSPS) is 11.9. The van der Waals surface area contributed by atoms with Crippen LogP contribution in [0.3, 0.4) is 0 Å². The number of nitrogens with one attached hydrogen (secondary N) is 2. The molecule has 0 saturated carbocycles. The second kappa shape index (κ2) is 5.32. The van der Waals surface area contributed by atoms with Crippen LogP contribution in [0.5, 0.6) is 0 Å². The zero-order valence-corrected chi connectivity index (χ0v) is 8.67. The molecule has 0 bridgehead atoms. The predicted molar refractivity (Wildman–Crippen MR) is 51.9 cm³/mol. The van der Waals surface area contributed by atoms with Crippen LogP contribution in [0.1, 0.15) is 18.5 Å². The minimum absolute atomic E-state index is 0.0534. The highest BCUT2D eigenvalue weighted by atomic mass is 32.1. The zero-order chi connectivity index (χ0) is 11.3. The lowest BCUT2D eigenvalue weighted by molar-refractivity contribution is -0.135. The summed E-state index contributed by atoms with van der Waals surface area (Å²) in [4.78, 5) is 13.1. The molecule has 0 aliphatic carbocycles. The van der Waals surface area contributed by atoms with Crippen LogP contribution in [0.15, 0.2) is 10.2 Å². The van der Waals surface area contributed by atoms with Crippen molar-refractivity contribution in [1.29, 1.82) is 0 Å². The number of rotatable bonds is 5. The molecule has 0 radical (unpaired) electrons. The summed E-state index contributed by atoms with van der Waals surface area (Å²) >= 11 is 1.04. The summed E-state index contributed by atoms with van der Waals surface area (Å²) in [7, 11) is 0. The van der Waals surface area contributed by atoms with Crippen molar-refractivity contribution >= 4 is 11.3 Å². The number of thiazole rings is 1. The molecule has 1 heterocycles. The van der Waals surface area contributed by atoms with Crippen LogP contribution in [0, 0.1) is 0 Å². The summed E-state index contributed by atoms with van der Waals surface area (Å²) in [5.74, 6) is 0. The van der Waals surface area contributed by atoms with Crippen LogP contribution in [-0.2, 0) is 6.54 Å². The Hall–Kier alpha value is -0.820. The fraction of sp³-hybridized carbons (Fsp3) is 0.625. The van der Waals surface area contributed by atoms with Gasteiger partial charge in [-0.3, -0.25) is 4.79 Å². The number of halogens is 3. The third kappa shape index (κ3) is 5.58. The molecule has 1 aromatic rings. The molecule has 0 spiro atoms. The third-order valence-electron chi connectivity index (χ3n) is 1.70. The summed E-state index contributed by atoms with van der Waals surface area (Å²) in [6.45, 7) is 0.688. The van der Waals surface area contributed by atoms with E-state index in [1.807, 2.05) is 0 Å². The maximum atomic E-state index is 11.7. The molecule has 0 aromatic carbocycles. The number of alkyl halides is 3. The van der Waals surface area contributed by atoms with Gasteiger partial charge in [-0.25, -0.2) is 0 Å². The molecule has 3 nitrogen and oxygen atoms in total. The van der Waals surface area contributed by atoms with Gasteiger partial charge in [0.1, 0.15) is 0 Å². The van der Waals surface area contributed by atoms with Gasteiger partial charge in [0.15, 0.2) is 0 Å². The van der Waals surface area contributed by atoms with Gasteiger partial charge in [-0.05, 0) is 13.0 Å². The van der Waals surface area contributed by atoms with Crippen molar-refractivity contribution < 1.29 is 13.2 Å². The van der Waals surface area contributed by atoms with E-state index in [2.05, 4.69) is 10.3 Å². The van der Waals surface area contributed by atoms with Crippen molar-refractivity contribution in [2.24, 2.45) is 0 Å². The second-order valence-electron chi connectivity index (χ2n) is 3.07. The molecule has 0 saturated heterocycles. The first-order valence-electron chi connectivity index (χ1n) is 4.41. The lowest BCUT2D eigenvalue weighted by Gasteiger charge is -2.06. The van der Waals surface area contributed by atoms with Crippen LogP contribution in [0.25, 0.3) is 0 Å². The van der Waals surface area contributed by atoms with Crippen LogP contribution in [-0.4, -0.2) is 17.7 Å². The summed E-state index contributed by atoms with van der Waals surface area (Å²) in [6, 6.07) is 0. The lowest BCUT2D eigenvalue weighted by atomic mass is 10.3. The minimum atomic E-state index is -4.08. The van der Waals surface area contributed by atoms with Crippen molar-refractivity contribution in [2.45, 2.75) is 25.6 Å². The van der Waals surface area contributed by atoms with Crippen LogP contribution in [0.4, 0.5) is 13.2 Å². The monoisotopic (exact) mass is 240 g/mol. The summed E-state index contributed by atoms with van der Waals surface area (Å²) in [6.07, 6.45) is -4.81. The molecule has 2 N–H and O–H groups in total. The predicted octanol–water partition coefficient (Wildman–Crippen LogP) is 1.87. The largest absolute Gasteiger partial charge is 0.389 e. The molecular formula is C8H11F3N2OS. The molecule has 1 rings (SSSR count). The van der Waals surface area contributed by atoms with Gasteiger partial charge < -0.3 is 10.3 Å². The van der Waals surface area contributed by atoms with Crippen molar-refractivity contribution in [3.63, 3.8) is 0 Å². The molecule has 0 amide bonds. The maximum absolute atomic E-state index is 11.7. The van der Waals surface area contributed by atoms with E-state index in [-0.39, 0.29) is 17.8 Å². The summed E-state index contributed by atoms with van der Waals surface area (Å²) in [5.41, 5.74) is 0.706. The molecule has 1 aromatic heterocycles. The Kier molecular flexibility index (Phi) is 4.34. The molecule has 86 valence electrons. The van der Waals surface area contributed by atoms with Gasteiger partial charge in [0.25, 0.3) is 0 Å². The number of hydrogen-bond donors (Lipinski definition) is 2. The van der Waals surface area contributed by atoms with Gasteiger partial charge in [-0.15, -0.1) is 0 Å². The van der Waals surface area contributed by atoms with Crippen LogP contribution < -0.4 is 10.2 Å². The van der Waals surface area contributed by atoms with Crippen molar-refractivity contribution in [3.8, 4) is 0 Å². The van der Waals surface area contributed by atoms with Gasteiger partial charge in [0.05, 0.1) is 0 Å². The SMILES string of the molecule is O=c1[nH]c(CNCCCC(F)(F)F)cs1. The fourth-order valence-corrected chi connectivity index (χ4v) is 1.62. The number of hydrogen-bond acceptors (Lipinski definition) is 3. The van der Waals surface area contributed by atoms with Gasteiger partial charge in [0, 0.05) is 24.0 Å². The van der Waals surface area contributed by atoms with Crippen molar-refractivity contribution in [1.82, 2.24) is 10.3 Å². The number of H-pyrrole nitrogens is 1. The Balaban J connectivity index is 2.10. The third-order valence-corrected chi connectivity index (χ3v) is 2.42. The number of aromatic amines is 1. The van der Waals surface area contributed by atoms with E-state index in [0.717, 1.165) is 11.3 Å². The lowest BCUT2D eigenvalue weighted by Crippen LogP contribution is -2.18. The molecule has 0 atom stereocenters. The average Bonchev–Trinajstić information content (AvgIpc) is 2.49. The maximum Gasteiger partial charge on any atom is 0.389 e. The molecule has 0 aliphatic rings. The van der Waals surface area contributed by atoms with Crippen molar-refractivity contribution in [2.75, 3.05) is 6.54 Å². The summed E-state index contributed by atoms with van der Waals surface area (Å²) < 4.78 is 35.2. The van der Waals surface area contributed by atoms with Gasteiger partial charge in [-0.2, -0.15) is 13.2 Å². The fourth-order valence-electron chi connectivity index (χ4n) is 1.04. The highest BCUT2D eigenvalue weighted by Gasteiger charge is 2.25. The van der Waals surface area contributed by atoms with Crippen LogP contribution in [0.2, 0.25) is 0 Å². The Morgan fingerprint density at radius 3 is 2.73 bits per heavy atom. The average molecular weight is 240 g/mol. The van der Waals surface area contributed by atoms with E-state index in [9.17, 15) is 18.0 Å². The molecule has 7 heteroatoms. The Morgan fingerprint density at radius 1 is 1.47 bits per heavy atom. The van der Waals surface area contributed by atoms with E-state index < -0.39 is 12.6 Å². The van der Waals surface area contributed by atoms with Crippen LogP contribution >= 0.6 is 11.3 Å². The first-order valence-corrected chi connectivity index (χ1v) is 5.29. The van der Waals surface area contributed by atoms with E-state index in [4.69, 9.17) is 0 Å². The smallest absolute Gasteiger partial charge is 0.315 e. The van der Waals surface area contributed by atoms with Gasteiger partial charge in [-0.1, -0.05) is 11.3 Å². The van der Waals surface area contributed by atoms with Crippen molar-refractivity contribution in [3.05, 3.63) is 20.7 Å². The van der Waals surface area contributed by atoms with E-state index in [0.29, 0.717) is 12.2 Å². The van der Waals surface area contributed by atoms with E-state index in [1.54, 1.807) is 5.38 Å². The Bertz CT molecular complexity index is 344. The minimum Gasteiger partial charge on any atom is -0.315 e. The van der Waals surface area contributed by atoms with E-state index >= 15 is 0 Å². The topological polar surface area (TPSA) is 44.9 Å². The molecule has 15 heavy (non-hydrogen) atoms. The summed E-state index contributed by atoms with van der Waals surface area (Å²) in [5, 5.41) is 4.48. The zero-order valence-electron chi connectivity index (χ0n) is 7.86. The Morgan fingerprint density at radius 2 is 2.20 bits per heavy atom. The van der Waals surface area contributed by atoms with E-state index in [1.165, 1.54) is 0 Å². The van der Waals surface area contributed by atoms with Gasteiger partial charge >= 0.3 is 11.0 Å². The highest BCUT2D eigenvalue weighted by Crippen LogP contribution is 2.20. The molecule has 0 unspecified atom stereocenters. The first-order chi connectivity index (χ1) is 6.97. The second-order valence-corrected chi connectivity index (χ2v) is 3.91. The quantitative estimate of drug-likeness (QED) is 0.772. The Labute approximate surface area is 88.3 Å². The highest BCUT2D eigenvalue weighted by molar-refractivity contribution is 7.07. The molecular weight excluding hydrogens is 229 g/mol. The molecule has 0 aliphatic heterocycles. The number of aromatic nitrogens is 1. The first kappa shape index (κ1) is 12.3.